The molecule has 0 bridgehead atoms. The molecule has 0 spiro atoms. The topological polar surface area (TPSA) is 20.2 Å². The zero-order chi connectivity index (χ0) is 13.3. The van der Waals surface area contributed by atoms with Crippen LogP contribution in [0.4, 0.5) is 0 Å². The van der Waals surface area contributed by atoms with E-state index in [9.17, 15) is 5.11 Å². The van der Waals surface area contributed by atoms with Gasteiger partial charge in [0.15, 0.2) is 0 Å². The highest BCUT2D eigenvalue weighted by Gasteiger charge is 2.36. The van der Waals surface area contributed by atoms with Gasteiger partial charge in [0.25, 0.3) is 0 Å². The predicted octanol–water partition coefficient (Wildman–Crippen LogP) is 4.32. The Hall–Kier alpha value is -1.34. The lowest BCUT2D eigenvalue weighted by molar-refractivity contribution is 0.0440. The van der Waals surface area contributed by atoms with E-state index in [2.05, 4.69) is 49.4 Å². The van der Waals surface area contributed by atoms with Crippen molar-refractivity contribution in [1.29, 1.82) is 0 Å². The summed E-state index contributed by atoms with van der Waals surface area (Å²) < 4.78 is 0. The zero-order valence-electron chi connectivity index (χ0n) is 11.6. The van der Waals surface area contributed by atoms with E-state index in [1.807, 2.05) is 0 Å². The lowest BCUT2D eigenvalue weighted by Crippen LogP contribution is -2.27. The van der Waals surface area contributed by atoms with Gasteiger partial charge in [-0.05, 0) is 41.5 Å². The molecular weight excluding hydrogens is 232 g/mol. The molecule has 0 amide bonds. The van der Waals surface area contributed by atoms with E-state index in [-0.39, 0.29) is 0 Å². The van der Waals surface area contributed by atoms with E-state index < -0.39 is 5.60 Å². The highest BCUT2D eigenvalue weighted by atomic mass is 16.3. The molecule has 0 saturated heterocycles. The first-order valence-electron chi connectivity index (χ1n) is 7.39. The average Bonchev–Trinajstić information content (AvgIpc) is 2.81. The van der Waals surface area contributed by atoms with Gasteiger partial charge in [-0.15, -0.1) is 0 Å². The van der Waals surface area contributed by atoms with Crippen LogP contribution in [0.25, 0.3) is 10.8 Å². The molecule has 2 aromatic rings. The molecule has 19 heavy (non-hydrogen) atoms. The first-order chi connectivity index (χ1) is 9.20. The van der Waals surface area contributed by atoms with Crippen molar-refractivity contribution in [2.45, 2.75) is 44.6 Å². The van der Waals surface area contributed by atoms with Gasteiger partial charge < -0.3 is 5.11 Å². The summed E-state index contributed by atoms with van der Waals surface area (Å²) in [6, 6.07) is 14.9. The fraction of sp³-hybridized carbons (Fsp3) is 0.444. The Kier molecular flexibility index (Phi) is 3.32. The van der Waals surface area contributed by atoms with Crippen LogP contribution in [0, 0.1) is 5.92 Å². The third kappa shape index (κ3) is 2.52. The summed E-state index contributed by atoms with van der Waals surface area (Å²) in [7, 11) is 0. The van der Waals surface area contributed by atoms with Gasteiger partial charge in [-0.1, -0.05) is 55.8 Å². The first-order valence-corrected chi connectivity index (χ1v) is 7.39. The van der Waals surface area contributed by atoms with Crippen molar-refractivity contribution in [3.8, 4) is 0 Å². The lowest BCUT2D eigenvalue weighted by Gasteiger charge is -2.23. The minimum Gasteiger partial charge on any atom is -0.390 e. The van der Waals surface area contributed by atoms with E-state index in [1.165, 1.54) is 29.2 Å². The summed E-state index contributed by atoms with van der Waals surface area (Å²) in [4.78, 5) is 0. The highest BCUT2D eigenvalue weighted by molar-refractivity contribution is 5.85. The Bertz CT molecular complexity index is 569. The first kappa shape index (κ1) is 12.7. The van der Waals surface area contributed by atoms with Crippen LogP contribution in [-0.4, -0.2) is 10.7 Å². The molecular formula is C18H22O. The smallest absolute Gasteiger partial charge is 0.0690 e. The fourth-order valence-electron chi connectivity index (χ4n) is 3.52. The molecule has 1 aliphatic carbocycles. The minimum absolute atomic E-state index is 0.481. The molecule has 100 valence electrons. The predicted molar refractivity (Wildman–Crippen MR) is 80.2 cm³/mol. The summed E-state index contributed by atoms with van der Waals surface area (Å²) in [6.07, 6.45) is 5.09. The number of aliphatic hydroxyl groups is 1. The monoisotopic (exact) mass is 254 g/mol. The molecule has 0 aromatic heterocycles. The maximum absolute atomic E-state index is 10.8. The molecule has 2 atom stereocenters. The van der Waals surface area contributed by atoms with Crippen LogP contribution >= 0.6 is 0 Å². The van der Waals surface area contributed by atoms with E-state index >= 15 is 0 Å². The molecule has 0 radical (unpaired) electrons. The van der Waals surface area contributed by atoms with Gasteiger partial charge in [0.1, 0.15) is 0 Å². The van der Waals surface area contributed by atoms with Gasteiger partial charge in [0.2, 0.25) is 0 Å². The Labute approximate surface area is 115 Å². The molecule has 1 fully saturated rings. The summed E-state index contributed by atoms with van der Waals surface area (Å²) >= 11 is 0. The van der Waals surface area contributed by atoms with E-state index in [0.717, 1.165) is 19.3 Å². The molecule has 1 heteroatoms. The normalized spacial score (nSPS) is 26.9. The van der Waals surface area contributed by atoms with Gasteiger partial charge in [0, 0.05) is 6.42 Å². The van der Waals surface area contributed by atoms with E-state index in [4.69, 9.17) is 0 Å². The summed E-state index contributed by atoms with van der Waals surface area (Å²) in [5.74, 6) is 0.708. The lowest BCUT2D eigenvalue weighted by atomic mass is 9.89. The molecule has 0 heterocycles. The van der Waals surface area contributed by atoms with Crippen molar-refractivity contribution in [3.05, 3.63) is 48.0 Å². The van der Waals surface area contributed by atoms with Crippen molar-refractivity contribution in [2.24, 2.45) is 5.92 Å². The zero-order valence-corrected chi connectivity index (χ0v) is 11.6. The number of hydrogen-bond acceptors (Lipinski definition) is 1. The second kappa shape index (κ2) is 4.97. The van der Waals surface area contributed by atoms with Crippen molar-refractivity contribution in [1.82, 2.24) is 0 Å². The molecule has 1 aliphatic rings. The van der Waals surface area contributed by atoms with Gasteiger partial charge in [-0.3, -0.25) is 0 Å². The maximum atomic E-state index is 10.8. The number of fused-ring (bicyclic) bond motifs is 1. The summed E-state index contributed by atoms with van der Waals surface area (Å²) in [5.41, 5.74) is 0.808. The number of hydrogen-bond donors (Lipinski definition) is 1. The standard InChI is InChI=1S/C18H22O/c1-2-14-10-11-18(19,12-14)13-16-8-5-7-15-6-3-4-9-17(15)16/h3-9,14,19H,2,10-13H2,1H3. The van der Waals surface area contributed by atoms with E-state index in [1.54, 1.807) is 0 Å². The van der Waals surface area contributed by atoms with Crippen molar-refractivity contribution >= 4 is 10.8 Å². The maximum Gasteiger partial charge on any atom is 0.0690 e. The van der Waals surface area contributed by atoms with Crippen LogP contribution in [0.2, 0.25) is 0 Å². The van der Waals surface area contributed by atoms with Crippen LogP contribution in [0.5, 0.6) is 0 Å². The van der Waals surface area contributed by atoms with Gasteiger partial charge >= 0.3 is 0 Å². The second-order valence-electron chi connectivity index (χ2n) is 6.06. The molecule has 3 rings (SSSR count). The minimum atomic E-state index is -0.481. The molecule has 2 unspecified atom stereocenters. The van der Waals surface area contributed by atoms with Gasteiger partial charge in [0.05, 0.1) is 5.60 Å². The van der Waals surface area contributed by atoms with Crippen LogP contribution in [-0.2, 0) is 6.42 Å². The summed E-state index contributed by atoms with van der Waals surface area (Å²) in [5, 5.41) is 13.4. The molecule has 2 aromatic carbocycles. The number of rotatable bonds is 3. The average molecular weight is 254 g/mol. The van der Waals surface area contributed by atoms with Crippen molar-refractivity contribution in [2.75, 3.05) is 0 Å². The van der Waals surface area contributed by atoms with Crippen LogP contribution in [0.3, 0.4) is 0 Å². The third-order valence-electron chi connectivity index (χ3n) is 4.66. The highest BCUT2D eigenvalue weighted by Crippen LogP contribution is 2.39. The Morgan fingerprint density at radius 3 is 2.74 bits per heavy atom. The van der Waals surface area contributed by atoms with Crippen molar-refractivity contribution in [3.63, 3.8) is 0 Å². The Balaban J connectivity index is 1.90. The fourth-order valence-corrected chi connectivity index (χ4v) is 3.52. The Morgan fingerprint density at radius 2 is 1.95 bits per heavy atom. The molecule has 1 saturated carbocycles. The van der Waals surface area contributed by atoms with Crippen molar-refractivity contribution < 1.29 is 5.11 Å². The SMILES string of the molecule is CCC1CCC(O)(Cc2cccc3ccccc23)C1. The van der Waals surface area contributed by atoms with Crippen LogP contribution in [0.1, 0.15) is 38.2 Å². The summed E-state index contributed by atoms with van der Waals surface area (Å²) in [6.45, 7) is 2.23. The van der Waals surface area contributed by atoms with E-state index in [0.29, 0.717) is 5.92 Å². The largest absolute Gasteiger partial charge is 0.390 e. The van der Waals surface area contributed by atoms with Crippen LogP contribution < -0.4 is 0 Å². The van der Waals surface area contributed by atoms with Crippen LogP contribution in [0.15, 0.2) is 42.5 Å². The second-order valence-corrected chi connectivity index (χ2v) is 6.06. The molecule has 1 N–H and O–H groups in total. The van der Waals surface area contributed by atoms with Gasteiger partial charge in [-0.2, -0.15) is 0 Å². The third-order valence-corrected chi connectivity index (χ3v) is 4.66. The quantitative estimate of drug-likeness (QED) is 0.864. The Morgan fingerprint density at radius 1 is 1.16 bits per heavy atom. The molecule has 1 nitrogen and oxygen atoms in total. The van der Waals surface area contributed by atoms with Gasteiger partial charge in [-0.25, -0.2) is 0 Å². The number of benzene rings is 2. The molecule has 0 aliphatic heterocycles.